The molecule has 6 nitrogen and oxygen atoms in total. The second kappa shape index (κ2) is 7.60. The highest BCUT2D eigenvalue weighted by atomic mass is 16.6. The number of anilines is 3. The number of ether oxygens (including phenoxy) is 2. The highest BCUT2D eigenvalue weighted by molar-refractivity contribution is 6.04. The van der Waals surface area contributed by atoms with Crippen LogP contribution in [0.4, 0.5) is 17.1 Å². The number of nitrogens with zero attached hydrogens (tertiary/aromatic N) is 1. The fourth-order valence-electron chi connectivity index (χ4n) is 3.11. The quantitative estimate of drug-likeness (QED) is 0.704. The highest BCUT2D eigenvalue weighted by Crippen LogP contribution is 2.32. The van der Waals surface area contributed by atoms with E-state index in [0.29, 0.717) is 36.0 Å². The number of rotatable bonds is 4. The van der Waals surface area contributed by atoms with E-state index in [4.69, 9.17) is 9.47 Å². The average molecular weight is 375 g/mol. The molecule has 0 atom stereocenters. The number of amides is 1. The zero-order valence-corrected chi connectivity index (χ0v) is 15.8. The van der Waals surface area contributed by atoms with Crippen molar-refractivity contribution in [3.8, 4) is 11.5 Å². The Morgan fingerprint density at radius 3 is 2.46 bits per heavy atom. The summed E-state index contributed by atoms with van der Waals surface area (Å²) in [6.45, 7) is 5.12. The molecule has 0 spiro atoms. The monoisotopic (exact) mass is 375 g/mol. The summed E-state index contributed by atoms with van der Waals surface area (Å²) in [6, 6.07) is 13.2. The van der Waals surface area contributed by atoms with Gasteiger partial charge in [-0.1, -0.05) is 18.2 Å². The maximum atomic E-state index is 12.7. The van der Waals surface area contributed by atoms with E-state index in [1.807, 2.05) is 32.0 Å². The van der Waals surface area contributed by atoms with Crippen LogP contribution in [0.25, 0.3) is 0 Å². The predicted molar refractivity (Wildman–Crippen MR) is 109 cm³/mol. The summed E-state index contributed by atoms with van der Waals surface area (Å²) < 4.78 is 11.1. The Hall–Kier alpha value is -3.54. The molecule has 1 aliphatic rings. The van der Waals surface area contributed by atoms with Crippen LogP contribution in [0.5, 0.6) is 11.5 Å². The first-order valence-electron chi connectivity index (χ1n) is 9.09. The van der Waals surface area contributed by atoms with Gasteiger partial charge in [0, 0.05) is 23.6 Å². The van der Waals surface area contributed by atoms with Crippen molar-refractivity contribution in [3.63, 3.8) is 0 Å². The summed E-state index contributed by atoms with van der Waals surface area (Å²) in [7, 11) is 0. The van der Waals surface area contributed by atoms with Crippen LogP contribution in [0.1, 0.15) is 21.5 Å². The summed E-state index contributed by atoms with van der Waals surface area (Å²) in [5, 5.41) is 6.24. The van der Waals surface area contributed by atoms with Crippen molar-refractivity contribution in [2.24, 2.45) is 0 Å². The lowest BCUT2D eigenvalue weighted by Crippen LogP contribution is -2.16. The van der Waals surface area contributed by atoms with E-state index in [1.165, 1.54) is 0 Å². The lowest BCUT2D eigenvalue weighted by molar-refractivity contribution is 0.102. The van der Waals surface area contributed by atoms with Crippen molar-refractivity contribution in [2.75, 3.05) is 23.8 Å². The van der Waals surface area contributed by atoms with Crippen molar-refractivity contribution in [1.82, 2.24) is 4.98 Å². The van der Waals surface area contributed by atoms with Gasteiger partial charge in [-0.25, -0.2) is 0 Å². The van der Waals surface area contributed by atoms with Gasteiger partial charge in [-0.15, -0.1) is 0 Å². The van der Waals surface area contributed by atoms with Gasteiger partial charge in [-0.05, 0) is 43.2 Å². The van der Waals surface area contributed by atoms with E-state index in [1.54, 1.807) is 36.7 Å². The molecule has 0 saturated carbocycles. The molecule has 142 valence electrons. The van der Waals surface area contributed by atoms with Gasteiger partial charge in [0.15, 0.2) is 11.5 Å². The molecule has 6 heteroatoms. The van der Waals surface area contributed by atoms with Gasteiger partial charge >= 0.3 is 0 Å². The molecule has 2 N–H and O–H groups in total. The Morgan fingerprint density at radius 1 is 0.929 bits per heavy atom. The van der Waals surface area contributed by atoms with Crippen molar-refractivity contribution >= 4 is 23.0 Å². The molecule has 0 saturated heterocycles. The maximum absolute atomic E-state index is 12.7. The Morgan fingerprint density at radius 2 is 1.68 bits per heavy atom. The number of hydrogen-bond acceptors (Lipinski definition) is 5. The minimum absolute atomic E-state index is 0.241. The fraction of sp³-hybridized carbons (Fsp3) is 0.182. The Bertz CT molecular complexity index is 1010. The van der Waals surface area contributed by atoms with Gasteiger partial charge in [0.25, 0.3) is 5.91 Å². The molecule has 0 bridgehead atoms. The molecule has 0 fully saturated rings. The molecule has 3 aromatic rings. The van der Waals surface area contributed by atoms with Gasteiger partial charge in [0.05, 0.1) is 17.4 Å². The van der Waals surface area contributed by atoms with Crippen LogP contribution in [-0.2, 0) is 0 Å². The van der Waals surface area contributed by atoms with Crippen molar-refractivity contribution in [2.45, 2.75) is 13.8 Å². The van der Waals surface area contributed by atoms with Crippen LogP contribution in [0, 0.1) is 13.8 Å². The third-order valence-corrected chi connectivity index (χ3v) is 4.55. The minimum atomic E-state index is -0.241. The van der Waals surface area contributed by atoms with Gasteiger partial charge in [0.2, 0.25) is 0 Å². The second-order valence-corrected chi connectivity index (χ2v) is 6.67. The number of benzene rings is 2. The van der Waals surface area contributed by atoms with Crippen LogP contribution in [-0.4, -0.2) is 24.1 Å². The van der Waals surface area contributed by atoms with Gasteiger partial charge < -0.3 is 20.1 Å². The van der Waals surface area contributed by atoms with Crippen molar-refractivity contribution in [1.29, 1.82) is 0 Å². The standard InChI is InChI=1S/C22H21N3O3/c1-14-4-3-5-15(2)21(14)24-18-10-16(12-23-13-18)22(26)25-17-6-7-19-20(11-17)28-9-8-27-19/h3-7,10-13,24H,8-9H2,1-2H3,(H,25,26). The molecule has 4 rings (SSSR count). The lowest BCUT2D eigenvalue weighted by atomic mass is 10.1. The van der Waals surface area contributed by atoms with Gasteiger partial charge in [0.1, 0.15) is 13.2 Å². The van der Waals surface area contributed by atoms with E-state index in [0.717, 1.165) is 22.5 Å². The zero-order valence-electron chi connectivity index (χ0n) is 15.8. The van der Waals surface area contributed by atoms with E-state index in [9.17, 15) is 4.79 Å². The maximum Gasteiger partial charge on any atom is 0.257 e. The minimum Gasteiger partial charge on any atom is -0.486 e. The number of carbonyl (C=O) groups excluding carboxylic acids is 1. The van der Waals surface area contributed by atoms with E-state index in [2.05, 4.69) is 15.6 Å². The number of aryl methyl sites for hydroxylation is 2. The molecule has 0 unspecified atom stereocenters. The summed E-state index contributed by atoms with van der Waals surface area (Å²) >= 11 is 0. The van der Waals surface area contributed by atoms with Crippen LogP contribution in [0.2, 0.25) is 0 Å². The van der Waals surface area contributed by atoms with Crippen molar-refractivity contribution < 1.29 is 14.3 Å². The third kappa shape index (κ3) is 3.76. The SMILES string of the molecule is Cc1cccc(C)c1Nc1cncc(C(=O)Nc2ccc3c(c2)OCCO3)c1. The fourth-order valence-corrected chi connectivity index (χ4v) is 3.11. The largest absolute Gasteiger partial charge is 0.486 e. The Labute approximate surface area is 163 Å². The van der Waals surface area contributed by atoms with E-state index < -0.39 is 0 Å². The molecule has 2 heterocycles. The Balaban J connectivity index is 1.52. The lowest BCUT2D eigenvalue weighted by Gasteiger charge is -2.19. The highest BCUT2D eigenvalue weighted by Gasteiger charge is 2.14. The van der Waals surface area contributed by atoms with Gasteiger partial charge in [-0.3, -0.25) is 9.78 Å². The van der Waals surface area contributed by atoms with Gasteiger partial charge in [-0.2, -0.15) is 0 Å². The number of pyridine rings is 1. The van der Waals surface area contributed by atoms with E-state index in [-0.39, 0.29) is 5.91 Å². The zero-order chi connectivity index (χ0) is 19.5. The summed E-state index contributed by atoms with van der Waals surface area (Å²) in [5.41, 5.74) is 5.15. The molecule has 2 aromatic carbocycles. The number of nitrogens with one attached hydrogen (secondary N) is 2. The first kappa shape index (κ1) is 17.9. The molecule has 28 heavy (non-hydrogen) atoms. The molecular weight excluding hydrogens is 354 g/mol. The van der Waals surface area contributed by atoms with Crippen molar-refractivity contribution in [3.05, 3.63) is 71.5 Å². The number of aromatic nitrogens is 1. The van der Waals surface area contributed by atoms with E-state index >= 15 is 0 Å². The third-order valence-electron chi connectivity index (χ3n) is 4.55. The summed E-state index contributed by atoms with van der Waals surface area (Å²) in [6.07, 6.45) is 3.25. The average Bonchev–Trinajstić information content (AvgIpc) is 2.71. The number of fused-ring (bicyclic) bond motifs is 1. The normalized spacial score (nSPS) is 12.4. The second-order valence-electron chi connectivity index (χ2n) is 6.67. The first-order chi connectivity index (χ1) is 13.6. The number of hydrogen-bond donors (Lipinski definition) is 2. The summed E-state index contributed by atoms with van der Waals surface area (Å²) in [5.74, 6) is 1.08. The molecule has 1 aromatic heterocycles. The van der Waals surface area contributed by atoms with Crippen LogP contribution in [0.15, 0.2) is 54.9 Å². The first-order valence-corrected chi connectivity index (χ1v) is 9.09. The molecular formula is C22H21N3O3. The Kier molecular flexibility index (Phi) is 4.85. The molecule has 1 amide bonds. The van der Waals surface area contributed by atoms with Crippen LogP contribution >= 0.6 is 0 Å². The molecule has 1 aliphatic heterocycles. The van der Waals surface area contributed by atoms with Crippen LogP contribution < -0.4 is 20.1 Å². The molecule has 0 radical (unpaired) electrons. The topological polar surface area (TPSA) is 72.5 Å². The van der Waals surface area contributed by atoms with Crippen LogP contribution in [0.3, 0.4) is 0 Å². The smallest absolute Gasteiger partial charge is 0.257 e. The number of para-hydroxylation sites is 1. The number of carbonyl (C=O) groups is 1. The predicted octanol–water partition coefficient (Wildman–Crippen LogP) is 4.47. The summed E-state index contributed by atoms with van der Waals surface area (Å²) in [4.78, 5) is 16.9. The molecule has 0 aliphatic carbocycles.